The number of hydrogen-bond acceptors (Lipinski definition) is 5. The standard InChI is InChI=1S/C29H43N3O5S/c1-7-23-11-15-25(16-12-23)32(38(6,35)36)19-9-10-28(33)31(21-24-13-17-26(37-5)18-14-24)27(8-2)29(34)30-20-22(3)4/h11-18,22,27H,7-10,19-21H2,1-6H3,(H,30,34)/t27-/m1/s1. The predicted molar refractivity (Wildman–Crippen MR) is 153 cm³/mol. The van der Waals surface area contributed by atoms with Crippen LogP contribution in [0.2, 0.25) is 0 Å². The first kappa shape index (κ1) is 31.1. The molecule has 0 aliphatic rings. The minimum absolute atomic E-state index is 0.114. The van der Waals surface area contributed by atoms with Gasteiger partial charge in [0.25, 0.3) is 0 Å². The molecule has 0 unspecified atom stereocenters. The van der Waals surface area contributed by atoms with Crippen LogP contribution in [0.25, 0.3) is 0 Å². The lowest BCUT2D eigenvalue weighted by Gasteiger charge is -2.31. The maximum absolute atomic E-state index is 13.5. The number of sulfonamides is 1. The van der Waals surface area contributed by atoms with Gasteiger partial charge in [-0.3, -0.25) is 13.9 Å². The number of nitrogens with one attached hydrogen (secondary N) is 1. The highest BCUT2D eigenvalue weighted by molar-refractivity contribution is 7.92. The Balaban J connectivity index is 2.21. The molecule has 0 fully saturated rings. The lowest BCUT2D eigenvalue weighted by Crippen LogP contribution is -2.49. The van der Waals surface area contributed by atoms with Gasteiger partial charge in [-0.25, -0.2) is 8.42 Å². The first-order valence-corrected chi connectivity index (χ1v) is 15.1. The number of rotatable bonds is 15. The highest BCUT2D eigenvalue weighted by atomic mass is 32.2. The van der Waals surface area contributed by atoms with Gasteiger partial charge in [-0.2, -0.15) is 0 Å². The monoisotopic (exact) mass is 545 g/mol. The van der Waals surface area contributed by atoms with Crippen LogP contribution in [0.4, 0.5) is 5.69 Å². The maximum atomic E-state index is 13.5. The van der Waals surface area contributed by atoms with Crippen LogP contribution in [-0.4, -0.2) is 57.6 Å². The summed E-state index contributed by atoms with van der Waals surface area (Å²) in [7, 11) is -1.94. The van der Waals surface area contributed by atoms with Crippen molar-refractivity contribution in [2.24, 2.45) is 5.92 Å². The van der Waals surface area contributed by atoms with Gasteiger partial charge in [0.05, 0.1) is 19.1 Å². The number of nitrogens with zero attached hydrogens (tertiary/aromatic N) is 2. The van der Waals surface area contributed by atoms with Crippen LogP contribution < -0.4 is 14.4 Å². The maximum Gasteiger partial charge on any atom is 0.242 e. The fourth-order valence-electron chi connectivity index (χ4n) is 4.17. The summed E-state index contributed by atoms with van der Waals surface area (Å²) in [6.45, 7) is 8.93. The first-order chi connectivity index (χ1) is 18.0. The Morgan fingerprint density at radius 2 is 1.58 bits per heavy atom. The zero-order chi connectivity index (χ0) is 28.3. The van der Waals surface area contributed by atoms with Crippen molar-refractivity contribution in [1.29, 1.82) is 0 Å². The van der Waals surface area contributed by atoms with E-state index in [1.165, 1.54) is 10.6 Å². The van der Waals surface area contributed by atoms with Crippen molar-refractivity contribution in [2.45, 2.75) is 66.0 Å². The molecule has 2 aromatic rings. The second kappa shape index (κ2) is 14.8. The molecule has 0 bridgehead atoms. The van der Waals surface area contributed by atoms with Gasteiger partial charge in [0.15, 0.2) is 0 Å². The van der Waals surface area contributed by atoms with Crippen LogP contribution in [-0.2, 0) is 32.6 Å². The molecule has 1 atom stereocenters. The van der Waals surface area contributed by atoms with Crippen molar-refractivity contribution in [1.82, 2.24) is 10.2 Å². The molecule has 0 saturated carbocycles. The van der Waals surface area contributed by atoms with Gasteiger partial charge in [0, 0.05) is 26.1 Å². The summed E-state index contributed by atoms with van der Waals surface area (Å²) in [5.41, 5.74) is 2.57. The molecule has 0 spiro atoms. The zero-order valence-corrected chi connectivity index (χ0v) is 24.4. The van der Waals surface area contributed by atoms with E-state index in [1.54, 1.807) is 24.1 Å². The largest absolute Gasteiger partial charge is 0.497 e. The quantitative estimate of drug-likeness (QED) is 0.358. The van der Waals surface area contributed by atoms with E-state index in [0.29, 0.717) is 30.8 Å². The molecule has 0 heterocycles. The summed E-state index contributed by atoms with van der Waals surface area (Å²) >= 11 is 0. The fourth-order valence-corrected chi connectivity index (χ4v) is 5.14. The Morgan fingerprint density at radius 3 is 2.08 bits per heavy atom. The van der Waals surface area contributed by atoms with Crippen molar-refractivity contribution >= 4 is 27.5 Å². The Bertz CT molecular complexity index is 1130. The number of methoxy groups -OCH3 is 1. The van der Waals surface area contributed by atoms with Crippen LogP contribution in [0.1, 0.15) is 58.1 Å². The summed E-state index contributed by atoms with van der Waals surface area (Å²) < 4.78 is 31.6. The third kappa shape index (κ3) is 9.35. The number of carbonyl (C=O) groups is 2. The molecule has 2 amide bonds. The molecule has 2 rings (SSSR count). The molecule has 0 saturated heterocycles. The Hall–Kier alpha value is -3.07. The summed E-state index contributed by atoms with van der Waals surface area (Å²) in [6, 6.07) is 14.2. The number of aryl methyl sites for hydroxylation is 1. The SMILES string of the molecule is CCc1ccc(N(CCCC(=O)N(Cc2ccc(OC)cc2)[C@H](CC)C(=O)NCC(C)C)S(C)(=O)=O)cc1. The molecule has 9 heteroatoms. The van der Waals surface area contributed by atoms with Crippen LogP contribution in [0.15, 0.2) is 48.5 Å². The number of benzene rings is 2. The number of ether oxygens (including phenoxy) is 1. The molecule has 8 nitrogen and oxygen atoms in total. The fraction of sp³-hybridized carbons (Fsp3) is 0.517. The molecular formula is C29H43N3O5S. The van der Waals surface area contributed by atoms with E-state index in [4.69, 9.17) is 4.74 Å². The van der Waals surface area contributed by atoms with Gasteiger partial charge in [0.1, 0.15) is 11.8 Å². The summed E-state index contributed by atoms with van der Waals surface area (Å²) in [5.74, 6) is 0.621. The van der Waals surface area contributed by atoms with Crippen LogP contribution in [0, 0.1) is 5.92 Å². The van der Waals surface area contributed by atoms with Crippen molar-refractivity contribution < 1.29 is 22.7 Å². The molecule has 210 valence electrons. The van der Waals surface area contributed by atoms with E-state index < -0.39 is 16.1 Å². The van der Waals surface area contributed by atoms with Gasteiger partial charge in [-0.05, 0) is 60.6 Å². The van der Waals surface area contributed by atoms with Gasteiger partial charge in [0.2, 0.25) is 21.8 Å². The van der Waals surface area contributed by atoms with Crippen LogP contribution in [0.5, 0.6) is 5.75 Å². The molecule has 2 aromatic carbocycles. The third-order valence-corrected chi connectivity index (χ3v) is 7.56. The summed E-state index contributed by atoms with van der Waals surface area (Å²) in [5, 5.41) is 2.96. The topological polar surface area (TPSA) is 96.0 Å². The van der Waals surface area contributed by atoms with Crippen molar-refractivity contribution in [3.05, 3.63) is 59.7 Å². The van der Waals surface area contributed by atoms with Gasteiger partial charge >= 0.3 is 0 Å². The molecule has 0 aromatic heterocycles. The Labute approximate surface area is 228 Å². The molecule has 0 aliphatic heterocycles. The smallest absolute Gasteiger partial charge is 0.242 e. The third-order valence-electron chi connectivity index (χ3n) is 6.37. The first-order valence-electron chi connectivity index (χ1n) is 13.3. The average molecular weight is 546 g/mol. The number of hydrogen-bond donors (Lipinski definition) is 1. The zero-order valence-electron chi connectivity index (χ0n) is 23.6. The highest BCUT2D eigenvalue weighted by Crippen LogP contribution is 2.21. The van der Waals surface area contributed by atoms with E-state index in [2.05, 4.69) is 5.32 Å². The average Bonchev–Trinajstić information content (AvgIpc) is 2.89. The molecular weight excluding hydrogens is 502 g/mol. The van der Waals surface area contributed by atoms with Crippen molar-refractivity contribution in [2.75, 3.05) is 30.8 Å². The Kier molecular flexibility index (Phi) is 12.1. The van der Waals surface area contributed by atoms with Crippen molar-refractivity contribution in [3.63, 3.8) is 0 Å². The highest BCUT2D eigenvalue weighted by Gasteiger charge is 2.29. The summed E-state index contributed by atoms with van der Waals surface area (Å²) in [4.78, 5) is 28.2. The molecule has 1 N–H and O–H groups in total. The molecule has 38 heavy (non-hydrogen) atoms. The van der Waals surface area contributed by atoms with Crippen LogP contribution in [0.3, 0.4) is 0 Å². The van der Waals surface area contributed by atoms with E-state index in [0.717, 1.165) is 17.5 Å². The minimum atomic E-state index is -3.53. The lowest BCUT2D eigenvalue weighted by atomic mass is 10.1. The number of carbonyl (C=O) groups excluding carboxylic acids is 2. The normalized spacial score (nSPS) is 12.2. The molecule has 0 radical (unpaired) electrons. The predicted octanol–water partition coefficient (Wildman–Crippen LogP) is 4.38. The van der Waals surface area contributed by atoms with E-state index in [-0.39, 0.29) is 37.2 Å². The second-order valence-electron chi connectivity index (χ2n) is 9.89. The lowest BCUT2D eigenvalue weighted by molar-refractivity contribution is -0.141. The van der Waals surface area contributed by atoms with Gasteiger partial charge in [-0.1, -0.05) is 52.0 Å². The van der Waals surface area contributed by atoms with Crippen LogP contribution >= 0.6 is 0 Å². The summed E-state index contributed by atoms with van der Waals surface area (Å²) in [6.07, 6.45) is 2.94. The second-order valence-corrected chi connectivity index (χ2v) is 11.8. The van der Waals surface area contributed by atoms with E-state index in [9.17, 15) is 18.0 Å². The van der Waals surface area contributed by atoms with Gasteiger partial charge in [-0.15, -0.1) is 0 Å². The number of anilines is 1. The minimum Gasteiger partial charge on any atom is -0.497 e. The molecule has 0 aliphatic carbocycles. The van der Waals surface area contributed by atoms with Gasteiger partial charge < -0.3 is 15.0 Å². The van der Waals surface area contributed by atoms with E-state index >= 15 is 0 Å². The van der Waals surface area contributed by atoms with E-state index in [1.807, 2.05) is 64.1 Å². The Morgan fingerprint density at radius 1 is 0.974 bits per heavy atom. The van der Waals surface area contributed by atoms with Crippen molar-refractivity contribution in [3.8, 4) is 5.75 Å². The number of amides is 2.